The monoisotopic (exact) mass is 323 g/mol. The van der Waals surface area contributed by atoms with Gasteiger partial charge in [-0.25, -0.2) is 0 Å². The van der Waals surface area contributed by atoms with E-state index in [-0.39, 0.29) is 24.2 Å². The largest absolute Gasteiger partial charge is 0.481 e. The highest BCUT2D eigenvalue weighted by molar-refractivity contribution is 5.85. The van der Waals surface area contributed by atoms with Crippen molar-refractivity contribution >= 4 is 24.3 Å². The lowest BCUT2D eigenvalue weighted by atomic mass is 9.81. The predicted octanol–water partition coefficient (Wildman–Crippen LogP) is 2.85. The van der Waals surface area contributed by atoms with Gasteiger partial charge in [0.25, 0.3) is 0 Å². The van der Waals surface area contributed by atoms with Crippen LogP contribution in [0.3, 0.4) is 0 Å². The molecule has 3 rings (SSSR count). The molecular formula is C17H22ClNO3. The van der Waals surface area contributed by atoms with Crippen molar-refractivity contribution in [2.24, 2.45) is 5.92 Å². The molecule has 120 valence electrons. The van der Waals surface area contributed by atoms with Gasteiger partial charge in [-0.05, 0) is 42.7 Å². The van der Waals surface area contributed by atoms with Crippen LogP contribution >= 0.6 is 12.4 Å². The van der Waals surface area contributed by atoms with Gasteiger partial charge < -0.3 is 10.0 Å². The van der Waals surface area contributed by atoms with Crippen molar-refractivity contribution in [1.29, 1.82) is 0 Å². The van der Waals surface area contributed by atoms with Gasteiger partial charge >= 0.3 is 5.97 Å². The van der Waals surface area contributed by atoms with E-state index in [1.54, 1.807) is 4.90 Å². The van der Waals surface area contributed by atoms with Crippen LogP contribution in [-0.4, -0.2) is 35.0 Å². The number of fused-ring (bicyclic) bond motifs is 1. The maximum atomic E-state index is 12.4. The summed E-state index contributed by atoms with van der Waals surface area (Å²) in [5.41, 5.74) is 2.68. The molecule has 0 spiro atoms. The number of rotatable bonds is 3. The fraction of sp³-hybridized carbons (Fsp3) is 0.529. The molecule has 1 amide bonds. The third-order valence-electron chi connectivity index (χ3n) is 4.80. The summed E-state index contributed by atoms with van der Waals surface area (Å²) >= 11 is 0. The lowest BCUT2D eigenvalue weighted by Gasteiger charge is -2.27. The Kier molecular flexibility index (Phi) is 5.46. The van der Waals surface area contributed by atoms with Crippen LogP contribution < -0.4 is 0 Å². The van der Waals surface area contributed by atoms with E-state index in [4.69, 9.17) is 5.11 Å². The minimum atomic E-state index is -0.784. The van der Waals surface area contributed by atoms with Gasteiger partial charge in [0.05, 0.1) is 5.92 Å². The second-order valence-electron chi connectivity index (χ2n) is 6.16. The second kappa shape index (κ2) is 7.14. The number of carboxylic acids is 1. The zero-order chi connectivity index (χ0) is 14.8. The Morgan fingerprint density at radius 2 is 2.00 bits per heavy atom. The average molecular weight is 324 g/mol. The molecule has 22 heavy (non-hydrogen) atoms. The fourth-order valence-corrected chi connectivity index (χ4v) is 3.59. The Hall–Kier alpha value is -1.55. The molecule has 1 aliphatic heterocycles. The molecule has 0 radical (unpaired) electrons. The highest BCUT2D eigenvalue weighted by Crippen LogP contribution is 2.34. The van der Waals surface area contributed by atoms with Crippen LogP contribution in [0.5, 0.6) is 0 Å². The Morgan fingerprint density at radius 3 is 2.73 bits per heavy atom. The van der Waals surface area contributed by atoms with E-state index in [0.29, 0.717) is 31.8 Å². The summed E-state index contributed by atoms with van der Waals surface area (Å²) in [6, 6.07) is 8.39. The summed E-state index contributed by atoms with van der Waals surface area (Å²) < 4.78 is 0. The summed E-state index contributed by atoms with van der Waals surface area (Å²) in [6.07, 6.45) is 4.39. The zero-order valence-corrected chi connectivity index (χ0v) is 13.3. The molecule has 1 aromatic carbocycles. The van der Waals surface area contributed by atoms with E-state index in [0.717, 1.165) is 19.3 Å². The van der Waals surface area contributed by atoms with Crippen molar-refractivity contribution in [2.75, 3.05) is 13.1 Å². The van der Waals surface area contributed by atoms with Gasteiger partial charge in [-0.2, -0.15) is 0 Å². The predicted molar refractivity (Wildman–Crippen MR) is 86.3 cm³/mol. The van der Waals surface area contributed by atoms with Crippen molar-refractivity contribution in [3.63, 3.8) is 0 Å². The molecule has 0 bridgehead atoms. The summed E-state index contributed by atoms with van der Waals surface area (Å²) in [7, 11) is 0. The first-order chi connectivity index (χ1) is 10.1. The smallest absolute Gasteiger partial charge is 0.308 e. The van der Waals surface area contributed by atoms with E-state index in [2.05, 4.69) is 18.2 Å². The Labute approximate surface area is 136 Å². The van der Waals surface area contributed by atoms with E-state index >= 15 is 0 Å². The number of benzene rings is 1. The zero-order valence-electron chi connectivity index (χ0n) is 12.5. The highest BCUT2D eigenvalue weighted by atomic mass is 35.5. The normalized spacial score (nSPS) is 23.5. The van der Waals surface area contributed by atoms with Gasteiger partial charge in [0, 0.05) is 19.5 Å². The number of amides is 1. The van der Waals surface area contributed by atoms with Crippen molar-refractivity contribution in [1.82, 2.24) is 4.90 Å². The molecule has 5 heteroatoms. The van der Waals surface area contributed by atoms with E-state index in [1.807, 2.05) is 6.07 Å². The molecule has 4 nitrogen and oxygen atoms in total. The number of halogens is 1. The van der Waals surface area contributed by atoms with E-state index in [9.17, 15) is 9.59 Å². The molecule has 1 saturated heterocycles. The summed E-state index contributed by atoms with van der Waals surface area (Å²) in [5, 5.41) is 9.03. The van der Waals surface area contributed by atoms with E-state index in [1.165, 1.54) is 11.1 Å². The fourth-order valence-electron chi connectivity index (χ4n) is 3.59. The van der Waals surface area contributed by atoms with Crippen molar-refractivity contribution in [3.05, 3.63) is 35.4 Å². The maximum Gasteiger partial charge on any atom is 0.308 e. The van der Waals surface area contributed by atoms with E-state index < -0.39 is 5.97 Å². The molecule has 2 aliphatic rings. The van der Waals surface area contributed by atoms with Crippen LogP contribution in [0.15, 0.2) is 24.3 Å². The molecule has 1 aromatic rings. The van der Waals surface area contributed by atoms with Gasteiger partial charge in [0.1, 0.15) is 0 Å². The number of hydrogen-bond donors (Lipinski definition) is 1. The highest BCUT2D eigenvalue weighted by Gasteiger charge is 2.32. The van der Waals surface area contributed by atoms with Crippen LogP contribution in [0.4, 0.5) is 0 Å². The van der Waals surface area contributed by atoms with Gasteiger partial charge in [-0.3, -0.25) is 9.59 Å². The Morgan fingerprint density at radius 1 is 1.23 bits per heavy atom. The molecule has 1 aliphatic carbocycles. The van der Waals surface area contributed by atoms with Gasteiger partial charge in [0.15, 0.2) is 0 Å². The molecule has 2 atom stereocenters. The Bertz CT molecular complexity index is 561. The van der Waals surface area contributed by atoms with Crippen molar-refractivity contribution < 1.29 is 14.7 Å². The number of carbonyl (C=O) groups excluding carboxylic acids is 1. The quantitative estimate of drug-likeness (QED) is 0.930. The summed E-state index contributed by atoms with van der Waals surface area (Å²) in [6.45, 7) is 0.965. The lowest BCUT2D eigenvalue weighted by Crippen LogP contribution is -2.31. The third kappa shape index (κ3) is 3.43. The number of likely N-dealkylation sites (tertiary alicyclic amines) is 1. The molecule has 1 heterocycles. The van der Waals surface area contributed by atoms with Crippen molar-refractivity contribution in [3.8, 4) is 0 Å². The summed E-state index contributed by atoms with van der Waals surface area (Å²) in [5.74, 6) is -0.757. The molecule has 0 saturated carbocycles. The maximum absolute atomic E-state index is 12.4. The lowest BCUT2D eigenvalue weighted by molar-refractivity contribution is -0.141. The van der Waals surface area contributed by atoms with Gasteiger partial charge in [0.2, 0.25) is 5.91 Å². The topological polar surface area (TPSA) is 57.6 Å². The molecule has 2 unspecified atom stereocenters. The minimum Gasteiger partial charge on any atom is -0.481 e. The van der Waals surface area contributed by atoms with Crippen LogP contribution in [-0.2, 0) is 16.0 Å². The van der Waals surface area contributed by atoms with Gasteiger partial charge in [-0.1, -0.05) is 24.3 Å². The second-order valence-corrected chi connectivity index (χ2v) is 6.16. The number of aryl methyl sites for hydroxylation is 1. The molecule has 0 aromatic heterocycles. The first-order valence-corrected chi connectivity index (χ1v) is 7.73. The van der Waals surface area contributed by atoms with Crippen LogP contribution in [0.1, 0.15) is 42.7 Å². The minimum absolute atomic E-state index is 0. The van der Waals surface area contributed by atoms with Crippen LogP contribution in [0.2, 0.25) is 0 Å². The summed E-state index contributed by atoms with van der Waals surface area (Å²) in [4.78, 5) is 25.1. The van der Waals surface area contributed by atoms with Crippen LogP contribution in [0, 0.1) is 5.92 Å². The van der Waals surface area contributed by atoms with Gasteiger partial charge in [-0.15, -0.1) is 12.4 Å². The standard InChI is InChI=1S/C17H21NO3.ClH/c19-16(18-9-8-14(11-18)17(20)21)10-13-6-3-5-12-4-1-2-7-15(12)13;/h1-2,4,7,13-14H,3,5-6,8-11H2,(H,20,21);1H. The Balaban J connectivity index is 0.00000176. The number of nitrogens with zero attached hydrogens (tertiary/aromatic N) is 1. The SMILES string of the molecule is Cl.O=C(O)C1CCN(C(=O)CC2CCCc3ccccc32)C1. The molecular weight excluding hydrogens is 302 g/mol. The first kappa shape index (κ1) is 16.8. The number of carbonyl (C=O) groups is 2. The van der Waals surface area contributed by atoms with Crippen molar-refractivity contribution in [2.45, 2.75) is 38.0 Å². The first-order valence-electron chi connectivity index (χ1n) is 7.73. The van der Waals surface area contributed by atoms with Crippen LogP contribution in [0.25, 0.3) is 0 Å². The third-order valence-corrected chi connectivity index (χ3v) is 4.80. The molecule has 1 N–H and O–H groups in total. The molecule has 1 fully saturated rings. The number of aliphatic carboxylic acids is 1. The average Bonchev–Trinajstić information content (AvgIpc) is 2.98. The number of carboxylic acid groups (broad SMARTS) is 1. The number of hydrogen-bond acceptors (Lipinski definition) is 2.